The van der Waals surface area contributed by atoms with Crippen LogP contribution in [0.15, 0.2) is 11.6 Å². The Morgan fingerprint density at radius 2 is 1.54 bits per heavy atom. The van der Waals surface area contributed by atoms with E-state index < -0.39 is 29.5 Å². The molecule has 5 heteroatoms. The lowest BCUT2D eigenvalue weighted by Gasteiger charge is -2.65. The Balaban J connectivity index is 1.55. The van der Waals surface area contributed by atoms with E-state index in [1.54, 1.807) is 0 Å². The topological polar surface area (TPSA) is 90.2 Å². The third kappa shape index (κ3) is 3.30. The number of aliphatic hydroxyl groups is 4. The molecule has 0 spiro atoms. The van der Waals surface area contributed by atoms with Crippen molar-refractivity contribution in [1.29, 1.82) is 0 Å². The molecule has 5 nitrogen and oxygen atoms in total. The van der Waals surface area contributed by atoms with E-state index in [1.807, 2.05) is 13.8 Å². The highest BCUT2D eigenvalue weighted by Gasteiger charge is 2.71. The molecule has 35 heavy (non-hydrogen) atoms. The summed E-state index contributed by atoms with van der Waals surface area (Å²) in [4.78, 5) is 0. The Bertz CT molecular complexity index is 905. The lowest BCUT2D eigenvalue weighted by molar-refractivity contribution is -0.183. The molecule has 0 aromatic rings. The second-order valence-corrected chi connectivity index (χ2v) is 15.2. The molecule has 0 aromatic carbocycles. The average molecular weight is 491 g/mol. The fraction of sp³-hybridized carbons (Fsp3) is 0.933. The Hall–Kier alpha value is -0.460. The molecule has 4 fully saturated rings. The first kappa shape index (κ1) is 26.2. The van der Waals surface area contributed by atoms with Gasteiger partial charge in [0, 0.05) is 11.8 Å². The molecule has 200 valence electrons. The van der Waals surface area contributed by atoms with E-state index in [2.05, 4.69) is 47.6 Å². The summed E-state index contributed by atoms with van der Waals surface area (Å²) in [5, 5.41) is 44.8. The first-order chi connectivity index (χ1) is 15.9. The Kier molecular flexibility index (Phi) is 5.65. The molecular formula is C30H50O5. The summed E-state index contributed by atoms with van der Waals surface area (Å²) in [6, 6.07) is 0. The number of ether oxygens (including phenoxy) is 1. The highest BCUT2D eigenvalue weighted by molar-refractivity contribution is 5.35. The zero-order chi connectivity index (χ0) is 26.0. The smallest absolute Gasteiger partial charge is 0.0865 e. The maximum Gasteiger partial charge on any atom is 0.0865 e. The molecule has 5 aliphatic rings. The van der Waals surface area contributed by atoms with Crippen LogP contribution in [0.4, 0.5) is 0 Å². The van der Waals surface area contributed by atoms with Gasteiger partial charge in [-0.05, 0) is 93.3 Å². The van der Waals surface area contributed by atoms with Crippen LogP contribution in [0.25, 0.3) is 0 Å². The number of aliphatic hydroxyl groups excluding tert-OH is 3. The van der Waals surface area contributed by atoms with Crippen LogP contribution in [0.5, 0.6) is 0 Å². The molecule has 2 unspecified atom stereocenters. The summed E-state index contributed by atoms with van der Waals surface area (Å²) < 4.78 is 6.62. The number of hydrogen-bond donors (Lipinski definition) is 4. The third-order valence-electron chi connectivity index (χ3n) is 12.5. The summed E-state index contributed by atoms with van der Waals surface area (Å²) in [6.07, 6.45) is 6.50. The lowest BCUT2D eigenvalue weighted by atomic mass is 9.40. The van der Waals surface area contributed by atoms with Crippen molar-refractivity contribution >= 4 is 0 Å². The van der Waals surface area contributed by atoms with Crippen molar-refractivity contribution in [3.05, 3.63) is 11.6 Å². The van der Waals surface area contributed by atoms with E-state index in [1.165, 1.54) is 5.57 Å². The van der Waals surface area contributed by atoms with Gasteiger partial charge < -0.3 is 25.2 Å². The van der Waals surface area contributed by atoms with Gasteiger partial charge in [0.1, 0.15) is 0 Å². The summed E-state index contributed by atoms with van der Waals surface area (Å²) in [6.45, 7) is 17.1. The largest absolute Gasteiger partial charge is 0.393 e. The van der Waals surface area contributed by atoms with Crippen LogP contribution in [-0.2, 0) is 4.74 Å². The quantitative estimate of drug-likeness (QED) is 0.425. The molecule has 3 saturated carbocycles. The van der Waals surface area contributed by atoms with Crippen LogP contribution >= 0.6 is 0 Å². The first-order valence-electron chi connectivity index (χ1n) is 14.1. The van der Waals surface area contributed by atoms with E-state index >= 15 is 0 Å². The second-order valence-electron chi connectivity index (χ2n) is 15.2. The molecule has 11 atom stereocenters. The van der Waals surface area contributed by atoms with Crippen molar-refractivity contribution in [2.24, 2.45) is 39.4 Å². The van der Waals surface area contributed by atoms with E-state index in [4.69, 9.17) is 4.74 Å². The molecular weight excluding hydrogens is 440 g/mol. The molecule has 4 N–H and O–H groups in total. The Labute approximate surface area is 212 Å². The highest BCUT2D eigenvalue weighted by Crippen LogP contribution is 2.74. The van der Waals surface area contributed by atoms with E-state index in [0.717, 1.165) is 32.1 Å². The van der Waals surface area contributed by atoms with Crippen LogP contribution in [0.1, 0.15) is 100 Å². The van der Waals surface area contributed by atoms with Crippen molar-refractivity contribution in [3.8, 4) is 0 Å². The molecule has 4 aliphatic carbocycles. The second kappa shape index (κ2) is 7.56. The Morgan fingerprint density at radius 3 is 2.14 bits per heavy atom. The zero-order valence-corrected chi connectivity index (χ0v) is 23.3. The predicted octanol–water partition coefficient (Wildman–Crippen LogP) is 4.60. The summed E-state index contributed by atoms with van der Waals surface area (Å²) in [5.74, 6) is 0.204. The molecule has 0 aromatic heterocycles. The standard InChI is InChI=1S/C30H50O5/c1-25(2)21(33)10-12-27(5)17-9-13-28(6)24(30(8)14-11-22(35-30)26(3,4)34)20(32)16-29(28,7)18(17)15-19(31)23(25)27/h9,18-24,31-34H,10-16H2,1-8H3/t18?,19-,20-,21-,22-,23?,24-,27+,28+,29-,30+/m0/s1. The summed E-state index contributed by atoms with van der Waals surface area (Å²) in [7, 11) is 0. The van der Waals surface area contributed by atoms with Crippen molar-refractivity contribution < 1.29 is 25.2 Å². The summed E-state index contributed by atoms with van der Waals surface area (Å²) >= 11 is 0. The first-order valence-corrected chi connectivity index (χ1v) is 14.1. The molecule has 0 amide bonds. The lowest BCUT2D eigenvalue weighted by Crippen LogP contribution is -2.62. The normalized spacial score (nSPS) is 55.7. The number of hydrogen-bond acceptors (Lipinski definition) is 5. The zero-order valence-electron chi connectivity index (χ0n) is 23.3. The maximum atomic E-state index is 11.7. The van der Waals surface area contributed by atoms with Crippen molar-refractivity contribution in [3.63, 3.8) is 0 Å². The molecule has 1 aliphatic heterocycles. The highest BCUT2D eigenvalue weighted by atomic mass is 16.5. The molecule has 1 saturated heterocycles. The van der Waals surface area contributed by atoms with Gasteiger partial charge in [-0.25, -0.2) is 0 Å². The van der Waals surface area contributed by atoms with Gasteiger partial charge in [0.25, 0.3) is 0 Å². The molecule has 5 rings (SSSR count). The maximum absolute atomic E-state index is 11.7. The van der Waals surface area contributed by atoms with Crippen LogP contribution < -0.4 is 0 Å². The molecule has 0 bridgehead atoms. The summed E-state index contributed by atoms with van der Waals surface area (Å²) in [5.41, 5.74) is -0.731. The van der Waals surface area contributed by atoms with Crippen molar-refractivity contribution in [2.75, 3.05) is 0 Å². The van der Waals surface area contributed by atoms with Crippen LogP contribution in [-0.4, -0.2) is 56.0 Å². The van der Waals surface area contributed by atoms with Crippen LogP contribution in [0.2, 0.25) is 0 Å². The molecule has 0 radical (unpaired) electrons. The minimum Gasteiger partial charge on any atom is -0.393 e. The van der Waals surface area contributed by atoms with E-state index in [9.17, 15) is 20.4 Å². The van der Waals surface area contributed by atoms with Gasteiger partial charge in [0.05, 0.1) is 35.6 Å². The van der Waals surface area contributed by atoms with Gasteiger partial charge >= 0.3 is 0 Å². The van der Waals surface area contributed by atoms with Crippen molar-refractivity contribution in [2.45, 2.75) is 136 Å². The number of fused-ring (bicyclic) bond motifs is 5. The van der Waals surface area contributed by atoms with Crippen molar-refractivity contribution in [1.82, 2.24) is 0 Å². The Morgan fingerprint density at radius 1 is 0.886 bits per heavy atom. The van der Waals surface area contributed by atoms with Gasteiger partial charge in [-0.3, -0.25) is 0 Å². The minimum absolute atomic E-state index is 0.0274. The van der Waals surface area contributed by atoms with Gasteiger partial charge in [-0.1, -0.05) is 46.3 Å². The SMILES string of the molecule is CC(C)(O)[C@@H]1CC[C@](C)([C@H]2[C@@H](O)C[C@@]3(C)C4C[C@H](O)C5C(C)(C)[C@@H](O)CC[C@]5(C)C4=CC[C@]23C)O1. The van der Waals surface area contributed by atoms with Gasteiger partial charge in [-0.2, -0.15) is 0 Å². The predicted molar refractivity (Wildman–Crippen MR) is 137 cm³/mol. The van der Waals surface area contributed by atoms with Gasteiger partial charge in [-0.15, -0.1) is 0 Å². The monoisotopic (exact) mass is 490 g/mol. The van der Waals surface area contributed by atoms with Gasteiger partial charge in [0.2, 0.25) is 0 Å². The van der Waals surface area contributed by atoms with Gasteiger partial charge in [0.15, 0.2) is 0 Å². The number of allylic oxidation sites excluding steroid dienone is 2. The number of rotatable bonds is 2. The van der Waals surface area contributed by atoms with Crippen LogP contribution in [0, 0.1) is 39.4 Å². The average Bonchev–Trinajstić information content (AvgIpc) is 3.20. The van der Waals surface area contributed by atoms with E-state index in [0.29, 0.717) is 12.8 Å². The fourth-order valence-corrected chi connectivity index (χ4v) is 10.6. The van der Waals surface area contributed by atoms with E-state index in [-0.39, 0.29) is 45.5 Å². The molecule has 1 heterocycles. The van der Waals surface area contributed by atoms with Crippen LogP contribution in [0.3, 0.4) is 0 Å². The third-order valence-corrected chi connectivity index (χ3v) is 12.5. The fourth-order valence-electron chi connectivity index (χ4n) is 10.6. The minimum atomic E-state index is -0.902.